The molecule has 0 N–H and O–H groups in total. The molecule has 0 spiro atoms. The smallest absolute Gasteiger partial charge is 0.269 e. The minimum Gasteiger partial charge on any atom is -0.302 e. The fourth-order valence-electron chi connectivity index (χ4n) is 0.861. The molecule has 1 rings (SSSR count). The lowest BCUT2D eigenvalue weighted by molar-refractivity contribution is -0.384. The van der Waals surface area contributed by atoms with Gasteiger partial charge in [0.15, 0.2) is 0 Å². The first-order chi connectivity index (χ1) is 6.74. The number of benzene rings is 1. The quantitative estimate of drug-likeness (QED) is 0.307. The third kappa shape index (κ3) is 2.72. The van der Waals surface area contributed by atoms with Crippen molar-refractivity contribution in [3.63, 3.8) is 0 Å². The maximum atomic E-state index is 10.3. The molecule has 0 heterocycles. The molecule has 14 heavy (non-hydrogen) atoms. The Labute approximate surface area is 80.7 Å². The molecule has 1 aromatic rings. The van der Waals surface area contributed by atoms with Crippen LogP contribution in [0.5, 0.6) is 0 Å². The number of nitro benzene ring substituents is 1. The van der Waals surface area contributed by atoms with E-state index in [0.29, 0.717) is 11.8 Å². The highest BCUT2D eigenvalue weighted by Gasteiger charge is 2.01. The third-order valence-electron chi connectivity index (χ3n) is 1.50. The van der Waals surface area contributed by atoms with Gasteiger partial charge in [0.2, 0.25) is 0 Å². The molecule has 0 saturated carbocycles. The Kier molecular flexibility index (Phi) is 3.39. The molecule has 0 atom stereocenters. The molecule has 0 saturated heterocycles. The fraction of sp³-hybridized carbons (Fsp3) is 0.100. The lowest BCUT2D eigenvalue weighted by Crippen LogP contribution is -1.86. The summed E-state index contributed by atoms with van der Waals surface area (Å²) in [5.74, 6) is 5.32. The van der Waals surface area contributed by atoms with Gasteiger partial charge in [-0.1, -0.05) is 11.8 Å². The van der Waals surface area contributed by atoms with E-state index in [-0.39, 0.29) is 12.1 Å². The summed E-state index contributed by atoms with van der Waals surface area (Å²) in [6.45, 7) is 0. The summed E-state index contributed by atoms with van der Waals surface area (Å²) in [7, 11) is 0. The maximum Gasteiger partial charge on any atom is 0.269 e. The van der Waals surface area contributed by atoms with Crippen LogP contribution in [-0.2, 0) is 4.79 Å². The number of nitrogens with zero attached hydrogens (tertiary/aromatic N) is 1. The molecule has 0 aromatic heterocycles. The number of hydrogen-bond donors (Lipinski definition) is 0. The van der Waals surface area contributed by atoms with Crippen molar-refractivity contribution < 1.29 is 9.72 Å². The molecule has 4 heteroatoms. The number of aldehydes is 1. The highest BCUT2D eigenvalue weighted by molar-refractivity contribution is 5.55. The van der Waals surface area contributed by atoms with Gasteiger partial charge in [0.25, 0.3) is 5.69 Å². The molecule has 0 fully saturated rings. The van der Waals surface area contributed by atoms with Crippen LogP contribution < -0.4 is 0 Å². The summed E-state index contributed by atoms with van der Waals surface area (Å²) in [5, 5.41) is 10.3. The SMILES string of the molecule is O=CCC#Cc1ccc([N+](=O)[O-])cc1. The Morgan fingerprint density at radius 1 is 1.36 bits per heavy atom. The minimum absolute atomic E-state index is 0.0333. The van der Waals surface area contributed by atoms with E-state index in [1.165, 1.54) is 12.1 Å². The van der Waals surface area contributed by atoms with E-state index < -0.39 is 4.92 Å². The number of carbonyl (C=O) groups is 1. The van der Waals surface area contributed by atoms with Gasteiger partial charge in [-0.25, -0.2) is 0 Å². The molecule has 0 aliphatic rings. The van der Waals surface area contributed by atoms with Crippen LogP contribution in [0.4, 0.5) is 5.69 Å². The molecule has 4 nitrogen and oxygen atoms in total. The molecule has 0 unspecified atom stereocenters. The van der Waals surface area contributed by atoms with E-state index in [4.69, 9.17) is 0 Å². The van der Waals surface area contributed by atoms with Crippen molar-refractivity contribution in [2.45, 2.75) is 6.42 Å². The van der Waals surface area contributed by atoms with Gasteiger partial charge in [-0.3, -0.25) is 10.1 Å². The highest BCUT2D eigenvalue weighted by atomic mass is 16.6. The van der Waals surface area contributed by atoms with Crippen LogP contribution in [0.15, 0.2) is 24.3 Å². The second-order valence-corrected chi connectivity index (χ2v) is 2.48. The summed E-state index contributed by atoms with van der Waals surface area (Å²) in [5.41, 5.74) is 0.698. The first-order valence-corrected chi connectivity index (χ1v) is 3.91. The molecule has 0 aliphatic carbocycles. The lowest BCUT2D eigenvalue weighted by Gasteiger charge is -1.90. The van der Waals surface area contributed by atoms with Gasteiger partial charge in [-0.2, -0.15) is 0 Å². The summed E-state index contributed by atoms with van der Waals surface area (Å²) in [6.07, 6.45) is 0.884. The second-order valence-electron chi connectivity index (χ2n) is 2.48. The Hall–Kier alpha value is -2.15. The average Bonchev–Trinajstić information content (AvgIpc) is 2.19. The van der Waals surface area contributed by atoms with Crippen LogP contribution >= 0.6 is 0 Å². The number of non-ortho nitro benzene ring substituents is 1. The molecule has 0 aliphatic heterocycles. The Bertz CT molecular complexity index is 398. The van der Waals surface area contributed by atoms with Crippen LogP contribution in [-0.4, -0.2) is 11.2 Å². The van der Waals surface area contributed by atoms with Crippen molar-refractivity contribution in [2.24, 2.45) is 0 Å². The molecular formula is C10H7NO3. The second kappa shape index (κ2) is 4.77. The summed E-state index contributed by atoms with van der Waals surface area (Å²) in [6, 6.07) is 5.86. The number of rotatable bonds is 2. The molecule has 0 bridgehead atoms. The van der Waals surface area contributed by atoms with Gasteiger partial charge in [0.1, 0.15) is 6.29 Å². The Morgan fingerprint density at radius 2 is 2.00 bits per heavy atom. The molecule has 0 radical (unpaired) electrons. The standard InChI is InChI=1S/C10H7NO3/c12-8-2-1-3-9-4-6-10(7-5-9)11(13)14/h4-8H,2H2. The summed E-state index contributed by atoms with van der Waals surface area (Å²) >= 11 is 0. The van der Waals surface area contributed by atoms with Crippen LogP contribution in [0, 0.1) is 22.0 Å². The van der Waals surface area contributed by atoms with Gasteiger partial charge in [-0.05, 0) is 12.1 Å². The largest absolute Gasteiger partial charge is 0.302 e. The topological polar surface area (TPSA) is 60.2 Å². The predicted molar refractivity (Wildman–Crippen MR) is 50.7 cm³/mol. The van der Waals surface area contributed by atoms with Crippen LogP contribution in [0.2, 0.25) is 0 Å². The minimum atomic E-state index is -0.470. The maximum absolute atomic E-state index is 10.3. The number of hydrogen-bond acceptors (Lipinski definition) is 3. The van der Waals surface area contributed by atoms with Gasteiger partial charge in [0, 0.05) is 17.7 Å². The normalized spacial score (nSPS) is 8.57. The van der Waals surface area contributed by atoms with Crippen molar-refractivity contribution >= 4 is 12.0 Å². The van der Waals surface area contributed by atoms with Crippen molar-refractivity contribution in [1.29, 1.82) is 0 Å². The van der Waals surface area contributed by atoms with Crippen molar-refractivity contribution in [3.05, 3.63) is 39.9 Å². The van der Waals surface area contributed by atoms with E-state index in [1.807, 2.05) is 0 Å². The monoisotopic (exact) mass is 189 g/mol. The lowest BCUT2D eigenvalue weighted by atomic mass is 10.2. The Balaban J connectivity index is 2.80. The van der Waals surface area contributed by atoms with Crippen molar-refractivity contribution in [1.82, 2.24) is 0 Å². The van der Waals surface area contributed by atoms with Crippen LogP contribution in [0.1, 0.15) is 12.0 Å². The zero-order chi connectivity index (χ0) is 10.4. The van der Waals surface area contributed by atoms with Gasteiger partial charge < -0.3 is 4.79 Å². The third-order valence-corrected chi connectivity index (χ3v) is 1.50. The van der Waals surface area contributed by atoms with E-state index in [2.05, 4.69) is 11.8 Å². The van der Waals surface area contributed by atoms with Crippen LogP contribution in [0.3, 0.4) is 0 Å². The summed E-state index contributed by atoms with van der Waals surface area (Å²) in [4.78, 5) is 19.8. The van der Waals surface area contributed by atoms with Gasteiger partial charge in [-0.15, -0.1) is 0 Å². The zero-order valence-corrected chi connectivity index (χ0v) is 7.27. The number of carbonyl (C=O) groups excluding carboxylic acids is 1. The Morgan fingerprint density at radius 3 is 2.50 bits per heavy atom. The van der Waals surface area contributed by atoms with Gasteiger partial charge in [0.05, 0.1) is 11.3 Å². The van der Waals surface area contributed by atoms with E-state index in [1.54, 1.807) is 12.1 Å². The van der Waals surface area contributed by atoms with E-state index >= 15 is 0 Å². The first-order valence-electron chi connectivity index (χ1n) is 3.91. The summed E-state index contributed by atoms with van der Waals surface area (Å²) < 4.78 is 0. The van der Waals surface area contributed by atoms with Gasteiger partial charge >= 0.3 is 0 Å². The highest BCUT2D eigenvalue weighted by Crippen LogP contribution is 2.10. The van der Waals surface area contributed by atoms with E-state index in [9.17, 15) is 14.9 Å². The molecular weight excluding hydrogens is 182 g/mol. The average molecular weight is 189 g/mol. The van der Waals surface area contributed by atoms with Crippen molar-refractivity contribution in [3.8, 4) is 11.8 Å². The van der Waals surface area contributed by atoms with E-state index in [0.717, 1.165) is 0 Å². The molecule has 1 aromatic carbocycles. The number of nitro groups is 1. The van der Waals surface area contributed by atoms with Crippen molar-refractivity contribution in [2.75, 3.05) is 0 Å². The van der Waals surface area contributed by atoms with Crippen LogP contribution in [0.25, 0.3) is 0 Å². The predicted octanol–water partition coefficient (Wildman–Crippen LogP) is 1.54. The zero-order valence-electron chi connectivity index (χ0n) is 7.27. The fourth-order valence-corrected chi connectivity index (χ4v) is 0.861. The first kappa shape index (κ1) is 9.93. The molecule has 0 amide bonds. The molecule has 70 valence electrons.